The monoisotopic (exact) mass is 352 g/mol. The van der Waals surface area contributed by atoms with Gasteiger partial charge in [0.2, 0.25) is 5.28 Å². The van der Waals surface area contributed by atoms with Crippen LogP contribution in [0.2, 0.25) is 5.28 Å². The van der Waals surface area contributed by atoms with E-state index in [0.717, 1.165) is 31.7 Å². The van der Waals surface area contributed by atoms with E-state index in [1.54, 1.807) is 0 Å². The highest BCUT2D eigenvalue weighted by atomic mass is 35.5. The van der Waals surface area contributed by atoms with Crippen molar-refractivity contribution in [2.45, 2.75) is 45.3 Å². The van der Waals surface area contributed by atoms with E-state index in [1.807, 2.05) is 32.9 Å². The van der Waals surface area contributed by atoms with E-state index in [9.17, 15) is 4.79 Å². The Labute approximate surface area is 145 Å². The van der Waals surface area contributed by atoms with E-state index in [0.29, 0.717) is 5.65 Å². The lowest BCUT2D eigenvalue weighted by molar-refractivity contribution is 0.0497. The van der Waals surface area contributed by atoms with Gasteiger partial charge >= 0.3 is 6.09 Å². The van der Waals surface area contributed by atoms with Gasteiger partial charge in [-0.2, -0.15) is 4.52 Å². The summed E-state index contributed by atoms with van der Waals surface area (Å²) in [5.74, 6) is 0.819. The molecule has 0 saturated carbocycles. The summed E-state index contributed by atoms with van der Waals surface area (Å²) in [5, 5.41) is 15.3. The second-order valence-electron chi connectivity index (χ2n) is 6.84. The second-order valence-corrected chi connectivity index (χ2v) is 7.18. The van der Waals surface area contributed by atoms with Crippen molar-refractivity contribution in [2.75, 3.05) is 18.0 Å². The molecule has 24 heavy (non-hydrogen) atoms. The van der Waals surface area contributed by atoms with Gasteiger partial charge in [0, 0.05) is 19.1 Å². The summed E-state index contributed by atoms with van der Waals surface area (Å²) in [6, 6.07) is 3.85. The third kappa shape index (κ3) is 3.87. The number of nitrogens with zero attached hydrogens (tertiary/aromatic N) is 5. The summed E-state index contributed by atoms with van der Waals surface area (Å²) < 4.78 is 6.81. The summed E-state index contributed by atoms with van der Waals surface area (Å²) >= 11 is 5.96. The molecule has 1 saturated heterocycles. The molecular weight excluding hydrogens is 332 g/mol. The number of ether oxygens (including phenoxy) is 1. The van der Waals surface area contributed by atoms with Crippen LogP contribution in [0.15, 0.2) is 12.1 Å². The quantitative estimate of drug-likeness (QED) is 0.892. The van der Waals surface area contributed by atoms with Crippen LogP contribution in [0.4, 0.5) is 10.6 Å². The number of amides is 1. The van der Waals surface area contributed by atoms with E-state index >= 15 is 0 Å². The van der Waals surface area contributed by atoms with Crippen molar-refractivity contribution in [3.8, 4) is 0 Å². The van der Waals surface area contributed by atoms with Gasteiger partial charge < -0.3 is 15.0 Å². The van der Waals surface area contributed by atoms with Crippen molar-refractivity contribution in [3.05, 3.63) is 17.4 Å². The average molecular weight is 353 g/mol. The largest absolute Gasteiger partial charge is 0.444 e. The topological polar surface area (TPSA) is 84.6 Å². The number of anilines is 1. The van der Waals surface area contributed by atoms with Crippen molar-refractivity contribution in [3.63, 3.8) is 0 Å². The number of fused-ring (bicyclic) bond motifs is 1. The normalized spacial score (nSPS) is 16.4. The van der Waals surface area contributed by atoms with Gasteiger partial charge in [0.1, 0.15) is 11.4 Å². The molecule has 8 nitrogen and oxygen atoms in total. The predicted molar refractivity (Wildman–Crippen MR) is 90.4 cm³/mol. The summed E-state index contributed by atoms with van der Waals surface area (Å²) in [4.78, 5) is 14.0. The third-order valence-electron chi connectivity index (χ3n) is 3.75. The maximum atomic E-state index is 11.8. The number of hydrogen-bond donors (Lipinski definition) is 1. The molecule has 0 bridgehead atoms. The number of rotatable bonds is 2. The van der Waals surface area contributed by atoms with Gasteiger partial charge in [0.05, 0.1) is 0 Å². The molecule has 0 unspecified atom stereocenters. The fourth-order valence-electron chi connectivity index (χ4n) is 2.65. The molecular formula is C15H21ClN6O2. The second kappa shape index (κ2) is 6.43. The van der Waals surface area contributed by atoms with E-state index in [-0.39, 0.29) is 17.4 Å². The van der Waals surface area contributed by atoms with Gasteiger partial charge in [-0.05, 0) is 57.3 Å². The summed E-state index contributed by atoms with van der Waals surface area (Å²) in [5.41, 5.74) is 0.132. The van der Waals surface area contributed by atoms with Crippen LogP contribution in [-0.4, -0.2) is 50.6 Å². The Morgan fingerprint density at radius 1 is 1.29 bits per heavy atom. The molecule has 1 aliphatic heterocycles. The molecule has 3 heterocycles. The molecule has 0 spiro atoms. The lowest BCUT2D eigenvalue weighted by Gasteiger charge is -2.33. The molecule has 1 aliphatic rings. The van der Waals surface area contributed by atoms with Gasteiger partial charge in [-0.3, -0.25) is 0 Å². The number of hydrogen-bond acceptors (Lipinski definition) is 6. The van der Waals surface area contributed by atoms with Crippen LogP contribution in [0.25, 0.3) is 5.65 Å². The minimum Gasteiger partial charge on any atom is -0.444 e. The first-order valence-electron chi connectivity index (χ1n) is 7.94. The smallest absolute Gasteiger partial charge is 0.407 e. The Balaban J connectivity index is 1.58. The van der Waals surface area contributed by atoms with Crippen LogP contribution < -0.4 is 10.2 Å². The highest BCUT2D eigenvalue weighted by molar-refractivity contribution is 6.28. The van der Waals surface area contributed by atoms with Crippen LogP contribution in [0.5, 0.6) is 0 Å². The standard InChI is InChI=1S/C15H21ClN6O2/c1-15(2,3)24-14(23)17-10-6-8-21(9-7-10)12-5-4-11-18-19-13(16)22(11)20-12/h4-5,10H,6-9H2,1-3H3,(H,17,23). The molecule has 0 aromatic carbocycles. The molecule has 1 N–H and O–H groups in total. The highest BCUT2D eigenvalue weighted by Gasteiger charge is 2.24. The van der Waals surface area contributed by atoms with Gasteiger partial charge in [-0.25, -0.2) is 4.79 Å². The number of alkyl carbamates (subject to hydrolysis) is 1. The van der Waals surface area contributed by atoms with E-state index in [2.05, 4.69) is 25.5 Å². The van der Waals surface area contributed by atoms with Crippen molar-refractivity contribution in [1.29, 1.82) is 0 Å². The van der Waals surface area contributed by atoms with Crippen molar-refractivity contribution < 1.29 is 9.53 Å². The third-order valence-corrected chi connectivity index (χ3v) is 3.99. The van der Waals surface area contributed by atoms with Crippen LogP contribution in [0, 0.1) is 0 Å². The van der Waals surface area contributed by atoms with E-state index in [1.165, 1.54) is 4.52 Å². The molecule has 1 amide bonds. The molecule has 0 aliphatic carbocycles. The summed E-state index contributed by atoms with van der Waals surface area (Å²) in [7, 11) is 0. The number of carbonyl (C=O) groups is 1. The number of nitrogens with one attached hydrogen (secondary N) is 1. The van der Waals surface area contributed by atoms with Gasteiger partial charge in [-0.15, -0.1) is 15.3 Å². The Kier molecular flexibility index (Phi) is 4.49. The first-order chi connectivity index (χ1) is 11.3. The van der Waals surface area contributed by atoms with Crippen LogP contribution in [0.3, 0.4) is 0 Å². The zero-order chi connectivity index (χ0) is 17.3. The predicted octanol–water partition coefficient (Wildman–Crippen LogP) is 2.27. The number of halogens is 1. The Morgan fingerprint density at radius 3 is 2.67 bits per heavy atom. The number of carbonyl (C=O) groups excluding carboxylic acids is 1. The fourth-order valence-corrected chi connectivity index (χ4v) is 2.81. The number of piperidine rings is 1. The lowest BCUT2D eigenvalue weighted by atomic mass is 10.1. The molecule has 2 aromatic heterocycles. The van der Waals surface area contributed by atoms with E-state index in [4.69, 9.17) is 16.3 Å². The van der Waals surface area contributed by atoms with Gasteiger partial charge in [0.25, 0.3) is 0 Å². The summed E-state index contributed by atoms with van der Waals surface area (Å²) in [6.45, 7) is 7.14. The van der Waals surface area contributed by atoms with Crippen LogP contribution in [0.1, 0.15) is 33.6 Å². The van der Waals surface area contributed by atoms with E-state index < -0.39 is 5.60 Å². The highest BCUT2D eigenvalue weighted by Crippen LogP contribution is 2.19. The first kappa shape index (κ1) is 16.8. The molecule has 0 radical (unpaired) electrons. The molecule has 0 atom stereocenters. The molecule has 3 rings (SSSR count). The Morgan fingerprint density at radius 2 is 2.00 bits per heavy atom. The maximum absolute atomic E-state index is 11.8. The minimum absolute atomic E-state index is 0.110. The van der Waals surface area contributed by atoms with Crippen molar-refractivity contribution in [2.24, 2.45) is 0 Å². The molecule has 1 fully saturated rings. The minimum atomic E-state index is -0.484. The van der Waals surface area contributed by atoms with Crippen molar-refractivity contribution in [1.82, 2.24) is 25.1 Å². The zero-order valence-corrected chi connectivity index (χ0v) is 14.7. The summed E-state index contributed by atoms with van der Waals surface area (Å²) in [6.07, 6.45) is 1.29. The SMILES string of the molecule is CC(C)(C)OC(=O)NC1CCN(c2ccc3nnc(Cl)n3n2)CC1. The zero-order valence-electron chi connectivity index (χ0n) is 14.0. The van der Waals surface area contributed by atoms with Crippen molar-refractivity contribution >= 4 is 29.2 Å². The lowest BCUT2D eigenvalue weighted by Crippen LogP contribution is -2.46. The van der Waals surface area contributed by atoms with Gasteiger partial charge in [-0.1, -0.05) is 0 Å². The first-order valence-corrected chi connectivity index (χ1v) is 8.32. The maximum Gasteiger partial charge on any atom is 0.407 e. The molecule has 9 heteroatoms. The van der Waals surface area contributed by atoms with Crippen LogP contribution in [-0.2, 0) is 4.74 Å². The number of aromatic nitrogens is 4. The average Bonchev–Trinajstić information content (AvgIpc) is 2.87. The Hall–Kier alpha value is -2.09. The molecule has 2 aromatic rings. The Bertz CT molecular complexity index is 733. The van der Waals surface area contributed by atoms with Gasteiger partial charge in [0.15, 0.2) is 5.65 Å². The van der Waals surface area contributed by atoms with Crippen LogP contribution >= 0.6 is 11.6 Å². The fraction of sp³-hybridized carbons (Fsp3) is 0.600. The molecule has 130 valence electrons.